The van der Waals surface area contributed by atoms with Gasteiger partial charge in [0.15, 0.2) is 0 Å². The molecule has 1 atom stereocenters. The van der Waals surface area contributed by atoms with E-state index in [2.05, 4.69) is 5.32 Å². The van der Waals surface area contributed by atoms with Crippen LogP contribution in [0, 0.1) is 19.8 Å². The van der Waals surface area contributed by atoms with Crippen LogP contribution < -0.4 is 10.2 Å². The summed E-state index contributed by atoms with van der Waals surface area (Å²) in [6.07, 6.45) is 0.146. The van der Waals surface area contributed by atoms with Gasteiger partial charge in [0.25, 0.3) is 0 Å². The van der Waals surface area contributed by atoms with E-state index in [0.717, 1.165) is 16.8 Å². The monoisotopic (exact) mass is 443 g/mol. The third-order valence-corrected chi connectivity index (χ3v) is 7.89. The van der Waals surface area contributed by atoms with Gasteiger partial charge < -0.3 is 10.2 Å². The zero-order valence-electron chi connectivity index (χ0n) is 18.4. The molecule has 3 rings (SSSR count). The van der Waals surface area contributed by atoms with Gasteiger partial charge in [-0.1, -0.05) is 26.0 Å². The third-order valence-electron chi connectivity index (χ3n) is 5.83. The molecule has 0 radical (unpaired) electrons. The standard InChI is InChI=1S/C23H29N3O4S/c1-5-25(6-2)31(29,30)20-12-10-19(11-13-20)24-23(28)18-14-22(27)26(15-18)21-9-7-8-16(3)17(21)4/h7-13,18H,5-6,14-15H2,1-4H3,(H,24,28). The summed E-state index contributed by atoms with van der Waals surface area (Å²) in [6.45, 7) is 8.66. The van der Waals surface area contributed by atoms with Gasteiger partial charge in [-0.3, -0.25) is 9.59 Å². The van der Waals surface area contributed by atoms with Crippen LogP contribution in [0.2, 0.25) is 0 Å². The van der Waals surface area contributed by atoms with E-state index in [1.807, 2.05) is 32.0 Å². The Hall–Kier alpha value is -2.71. The molecule has 1 aliphatic rings. The fourth-order valence-electron chi connectivity index (χ4n) is 3.81. The molecule has 166 valence electrons. The number of hydrogen-bond acceptors (Lipinski definition) is 4. The molecule has 2 aromatic carbocycles. The Morgan fingerprint density at radius 2 is 1.74 bits per heavy atom. The van der Waals surface area contributed by atoms with Gasteiger partial charge in [0.2, 0.25) is 21.8 Å². The van der Waals surface area contributed by atoms with Crippen LogP contribution in [-0.2, 0) is 19.6 Å². The molecular formula is C23H29N3O4S. The number of sulfonamides is 1. The molecule has 1 unspecified atom stereocenters. The lowest BCUT2D eigenvalue weighted by Crippen LogP contribution is -2.30. The van der Waals surface area contributed by atoms with E-state index >= 15 is 0 Å². The minimum absolute atomic E-state index is 0.0745. The molecule has 0 spiro atoms. The lowest BCUT2D eigenvalue weighted by atomic mass is 10.1. The minimum atomic E-state index is -3.55. The summed E-state index contributed by atoms with van der Waals surface area (Å²) >= 11 is 0. The summed E-state index contributed by atoms with van der Waals surface area (Å²) in [6, 6.07) is 11.9. The number of anilines is 2. The van der Waals surface area contributed by atoms with E-state index in [1.165, 1.54) is 16.4 Å². The summed E-state index contributed by atoms with van der Waals surface area (Å²) in [7, 11) is -3.55. The van der Waals surface area contributed by atoms with Gasteiger partial charge in [-0.25, -0.2) is 8.42 Å². The Labute approximate surface area is 184 Å². The summed E-state index contributed by atoms with van der Waals surface area (Å²) in [5.74, 6) is -0.790. The first-order valence-electron chi connectivity index (χ1n) is 10.5. The fraction of sp³-hybridized carbons (Fsp3) is 0.391. The highest BCUT2D eigenvalue weighted by Crippen LogP contribution is 2.30. The van der Waals surface area contributed by atoms with Crippen molar-refractivity contribution in [3.8, 4) is 0 Å². The maximum atomic E-state index is 12.8. The number of rotatable bonds is 7. The van der Waals surface area contributed by atoms with Crippen molar-refractivity contribution in [3.63, 3.8) is 0 Å². The number of hydrogen-bond donors (Lipinski definition) is 1. The lowest BCUT2D eigenvalue weighted by molar-refractivity contribution is -0.122. The Kier molecular flexibility index (Phi) is 6.81. The van der Waals surface area contributed by atoms with Crippen LogP contribution >= 0.6 is 0 Å². The average Bonchev–Trinajstić information content (AvgIpc) is 3.13. The second-order valence-corrected chi connectivity index (χ2v) is 9.67. The number of carbonyl (C=O) groups excluding carboxylic acids is 2. The molecule has 0 bridgehead atoms. The van der Waals surface area contributed by atoms with Crippen LogP contribution in [0.4, 0.5) is 11.4 Å². The van der Waals surface area contributed by atoms with Crippen LogP contribution in [0.5, 0.6) is 0 Å². The predicted octanol–water partition coefficient (Wildman–Crippen LogP) is 3.33. The lowest BCUT2D eigenvalue weighted by Gasteiger charge is -2.20. The van der Waals surface area contributed by atoms with Crippen molar-refractivity contribution in [1.82, 2.24) is 4.31 Å². The molecule has 1 heterocycles. The van der Waals surface area contributed by atoms with E-state index < -0.39 is 15.9 Å². The maximum absolute atomic E-state index is 12.8. The number of nitrogens with one attached hydrogen (secondary N) is 1. The van der Waals surface area contributed by atoms with Crippen molar-refractivity contribution in [2.45, 2.75) is 39.0 Å². The topological polar surface area (TPSA) is 86.8 Å². The Bertz CT molecular complexity index is 1080. The first-order valence-corrected chi connectivity index (χ1v) is 11.9. The van der Waals surface area contributed by atoms with Crippen LogP contribution in [0.3, 0.4) is 0 Å². The summed E-state index contributed by atoms with van der Waals surface area (Å²) in [5, 5.41) is 2.81. The quantitative estimate of drug-likeness (QED) is 0.711. The van der Waals surface area contributed by atoms with Gasteiger partial charge in [-0.2, -0.15) is 4.31 Å². The first-order chi connectivity index (χ1) is 14.7. The van der Waals surface area contributed by atoms with Gasteiger partial charge >= 0.3 is 0 Å². The van der Waals surface area contributed by atoms with Gasteiger partial charge in [0.1, 0.15) is 0 Å². The van der Waals surface area contributed by atoms with Gasteiger partial charge in [0, 0.05) is 37.4 Å². The molecule has 0 saturated carbocycles. The number of carbonyl (C=O) groups is 2. The Morgan fingerprint density at radius 3 is 2.35 bits per heavy atom. The molecule has 0 aromatic heterocycles. The zero-order chi connectivity index (χ0) is 22.8. The zero-order valence-corrected chi connectivity index (χ0v) is 19.2. The van der Waals surface area contributed by atoms with E-state index in [1.54, 1.807) is 30.9 Å². The van der Waals surface area contributed by atoms with Gasteiger partial charge in [-0.15, -0.1) is 0 Å². The average molecular weight is 444 g/mol. The van der Waals surface area contributed by atoms with Crippen molar-refractivity contribution < 1.29 is 18.0 Å². The van der Waals surface area contributed by atoms with E-state index in [9.17, 15) is 18.0 Å². The van der Waals surface area contributed by atoms with Crippen molar-refractivity contribution in [2.75, 3.05) is 29.9 Å². The molecule has 8 heteroatoms. The normalized spacial score (nSPS) is 16.7. The Morgan fingerprint density at radius 1 is 1.10 bits per heavy atom. The molecule has 2 amide bonds. The first kappa shape index (κ1) is 23.0. The highest BCUT2D eigenvalue weighted by Gasteiger charge is 2.35. The fourth-order valence-corrected chi connectivity index (χ4v) is 5.27. The van der Waals surface area contributed by atoms with E-state index in [4.69, 9.17) is 0 Å². The highest BCUT2D eigenvalue weighted by atomic mass is 32.2. The molecule has 7 nitrogen and oxygen atoms in total. The molecule has 1 N–H and O–H groups in total. The Balaban J connectivity index is 1.70. The van der Waals surface area contributed by atoms with Crippen molar-refractivity contribution in [1.29, 1.82) is 0 Å². The smallest absolute Gasteiger partial charge is 0.243 e. The van der Waals surface area contributed by atoms with Gasteiger partial charge in [-0.05, 0) is 55.3 Å². The molecule has 1 aliphatic heterocycles. The van der Waals surface area contributed by atoms with E-state index in [0.29, 0.717) is 25.3 Å². The number of nitrogens with zero attached hydrogens (tertiary/aromatic N) is 2. The predicted molar refractivity (Wildman–Crippen MR) is 122 cm³/mol. The van der Waals surface area contributed by atoms with Crippen LogP contribution in [0.1, 0.15) is 31.4 Å². The van der Waals surface area contributed by atoms with E-state index in [-0.39, 0.29) is 23.1 Å². The highest BCUT2D eigenvalue weighted by molar-refractivity contribution is 7.89. The summed E-state index contributed by atoms with van der Waals surface area (Å²) in [4.78, 5) is 27.2. The third kappa shape index (κ3) is 4.65. The molecule has 2 aromatic rings. The van der Waals surface area contributed by atoms with Crippen molar-refractivity contribution in [2.24, 2.45) is 5.92 Å². The van der Waals surface area contributed by atoms with Crippen molar-refractivity contribution >= 4 is 33.2 Å². The summed E-state index contributed by atoms with van der Waals surface area (Å²) in [5.41, 5.74) is 3.47. The molecule has 1 saturated heterocycles. The van der Waals surface area contributed by atoms with Gasteiger partial charge in [0.05, 0.1) is 10.8 Å². The SMILES string of the molecule is CCN(CC)S(=O)(=O)c1ccc(NC(=O)C2CC(=O)N(c3cccc(C)c3C)C2)cc1. The summed E-state index contributed by atoms with van der Waals surface area (Å²) < 4.78 is 26.6. The number of benzene rings is 2. The van der Waals surface area contributed by atoms with Crippen LogP contribution in [0.25, 0.3) is 0 Å². The number of amides is 2. The second kappa shape index (κ2) is 9.20. The second-order valence-electron chi connectivity index (χ2n) is 7.73. The molecule has 0 aliphatic carbocycles. The largest absolute Gasteiger partial charge is 0.326 e. The molecule has 31 heavy (non-hydrogen) atoms. The molecular weight excluding hydrogens is 414 g/mol. The van der Waals surface area contributed by atoms with Crippen LogP contribution in [-0.4, -0.2) is 44.2 Å². The number of aryl methyl sites for hydroxylation is 1. The molecule has 1 fully saturated rings. The minimum Gasteiger partial charge on any atom is -0.326 e. The van der Waals surface area contributed by atoms with Crippen molar-refractivity contribution in [3.05, 3.63) is 53.6 Å². The van der Waals surface area contributed by atoms with Crippen LogP contribution in [0.15, 0.2) is 47.4 Å². The maximum Gasteiger partial charge on any atom is 0.243 e.